The van der Waals surface area contributed by atoms with Gasteiger partial charge in [-0.15, -0.1) is 0 Å². The highest BCUT2D eigenvalue weighted by atomic mass is 16.5. The molecule has 1 aromatic rings. The van der Waals surface area contributed by atoms with Gasteiger partial charge in [-0.2, -0.15) is 0 Å². The number of nitrogens with one attached hydrogen (secondary N) is 1. The largest absolute Gasteiger partial charge is 0.445 e. The molecule has 26 heavy (non-hydrogen) atoms. The monoisotopic (exact) mass is 362 g/mol. The molecule has 2 rings (SSSR count). The highest BCUT2D eigenvalue weighted by Gasteiger charge is 2.38. The predicted molar refractivity (Wildman–Crippen MR) is 99.4 cm³/mol. The molecular weight excluding hydrogens is 332 g/mol. The lowest BCUT2D eigenvalue weighted by atomic mass is 10.0. The lowest BCUT2D eigenvalue weighted by molar-refractivity contribution is -0.137. The van der Waals surface area contributed by atoms with Crippen molar-refractivity contribution in [2.45, 2.75) is 64.8 Å². The van der Waals surface area contributed by atoms with E-state index in [1.165, 1.54) is 0 Å². The highest BCUT2D eigenvalue weighted by Crippen LogP contribution is 2.24. The lowest BCUT2D eigenvalue weighted by Gasteiger charge is -2.32. The van der Waals surface area contributed by atoms with Gasteiger partial charge in [-0.25, -0.2) is 4.79 Å². The topological polar surface area (TPSA) is 78.9 Å². The Kier molecular flexibility index (Phi) is 7.45. The zero-order valence-electron chi connectivity index (χ0n) is 15.9. The highest BCUT2D eigenvalue weighted by molar-refractivity contribution is 5.86. The van der Waals surface area contributed by atoms with Crippen LogP contribution in [0, 0.1) is 5.92 Å². The summed E-state index contributed by atoms with van der Waals surface area (Å²) in [5.41, 5.74) is 0.890. The summed E-state index contributed by atoms with van der Waals surface area (Å²) in [6.07, 6.45) is 1.14. The molecule has 0 aromatic heterocycles. The Bertz CT molecular complexity index is 591. The van der Waals surface area contributed by atoms with Crippen molar-refractivity contribution in [1.29, 1.82) is 0 Å². The van der Waals surface area contributed by atoms with Crippen LogP contribution in [0.1, 0.15) is 45.6 Å². The second-order valence-electron chi connectivity index (χ2n) is 7.14. The summed E-state index contributed by atoms with van der Waals surface area (Å²) in [5, 5.41) is 12.9. The molecule has 6 nitrogen and oxygen atoms in total. The summed E-state index contributed by atoms with van der Waals surface area (Å²) < 4.78 is 5.25. The van der Waals surface area contributed by atoms with E-state index >= 15 is 0 Å². The van der Waals surface area contributed by atoms with Gasteiger partial charge in [0.1, 0.15) is 12.6 Å². The van der Waals surface area contributed by atoms with Crippen LogP contribution in [0.25, 0.3) is 0 Å². The van der Waals surface area contributed by atoms with Crippen LogP contribution in [0.5, 0.6) is 0 Å². The van der Waals surface area contributed by atoms with Crippen LogP contribution in [0.15, 0.2) is 30.3 Å². The quantitative estimate of drug-likeness (QED) is 0.782. The van der Waals surface area contributed by atoms with Gasteiger partial charge in [0.25, 0.3) is 0 Å². The Morgan fingerprint density at radius 1 is 1.31 bits per heavy atom. The third-order valence-electron chi connectivity index (χ3n) is 4.86. The number of nitrogens with zero attached hydrogens (tertiary/aromatic N) is 1. The van der Waals surface area contributed by atoms with Gasteiger partial charge in [0.2, 0.25) is 5.91 Å². The van der Waals surface area contributed by atoms with Gasteiger partial charge >= 0.3 is 6.09 Å². The Morgan fingerprint density at radius 2 is 2.00 bits per heavy atom. The molecule has 1 aromatic carbocycles. The smallest absolute Gasteiger partial charge is 0.408 e. The fourth-order valence-corrected chi connectivity index (χ4v) is 3.32. The Labute approximate surface area is 155 Å². The van der Waals surface area contributed by atoms with Crippen molar-refractivity contribution in [3.05, 3.63) is 35.9 Å². The minimum atomic E-state index is -0.664. The van der Waals surface area contributed by atoms with Crippen LogP contribution >= 0.6 is 0 Å². The third-order valence-corrected chi connectivity index (χ3v) is 4.86. The number of hydrogen-bond donors (Lipinski definition) is 2. The molecule has 144 valence electrons. The standard InChI is InChI=1S/C20H30N2O4/c1-4-17(23)16-11-8-12-22(16)19(24)18(14(2)3)21-20(25)26-13-15-9-6-5-7-10-15/h5-7,9-10,14,16-18,23H,4,8,11-13H2,1-3H3,(H,21,25)/t16-,17+,18-/m0/s1. The molecule has 2 N–H and O–H groups in total. The number of aliphatic hydroxyl groups is 1. The molecule has 1 aliphatic rings. The Balaban J connectivity index is 1.96. The van der Waals surface area contributed by atoms with Crippen LogP contribution in [-0.4, -0.2) is 46.7 Å². The summed E-state index contributed by atoms with van der Waals surface area (Å²) in [6.45, 7) is 6.46. The number of benzene rings is 1. The number of rotatable bonds is 7. The number of amides is 2. The van der Waals surface area contributed by atoms with Gasteiger partial charge < -0.3 is 20.1 Å². The fraction of sp³-hybridized carbons (Fsp3) is 0.600. The molecule has 0 saturated carbocycles. The van der Waals surface area contributed by atoms with Gasteiger partial charge in [0.15, 0.2) is 0 Å². The number of aliphatic hydroxyl groups excluding tert-OH is 1. The second kappa shape index (κ2) is 9.57. The summed E-state index contributed by atoms with van der Waals surface area (Å²) in [5.74, 6) is -0.224. The van der Waals surface area contributed by atoms with E-state index in [1.54, 1.807) is 4.90 Å². The van der Waals surface area contributed by atoms with Crippen LogP contribution in [-0.2, 0) is 16.1 Å². The predicted octanol–water partition coefficient (Wildman–Crippen LogP) is 2.70. The van der Waals surface area contributed by atoms with E-state index in [0.717, 1.165) is 18.4 Å². The molecule has 0 unspecified atom stereocenters. The summed E-state index contributed by atoms with van der Waals surface area (Å²) in [7, 11) is 0. The number of likely N-dealkylation sites (tertiary alicyclic amines) is 1. The maximum absolute atomic E-state index is 13.0. The van der Waals surface area contributed by atoms with E-state index in [9.17, 15) is 14.7 Å². The SMILES string of the molecule is CC[C@@H](O)[C@@H]1CCCN1C(=O)[C@@H](NC(=O)OCc1ccccc1)C(C)C. The van der Waals surface area contributed by atoms with E-state index < -0.39 is 18.2 Å². The lowest BCUT2D eigenvalue weighted by Crippen LogP contribution is -2.54. The normalized spacial score (nSPS) is 19.3. The second-order valence-corrected chi connectivity index (χ2v) is 7.14. The van der Waals surface area contributed by atoms with Gasteiger partial charge in [-0.3, -0.25) is 4.79 Å². The van der Waals surface area contributed by atoms with Crippen molar-refractivity contribution in [1.82, 2.24) is 10.2 Å². The van der Waals surface area contributed by atoms with Gasteiger partial charge in [0, 0.05) is 6.54 Å². The minimum Gasteiger partial charge on any atom is -0.445 e. The maximum atomic E-state index is 13.0. The van der Waals surface area contributed by atoms with Crippen LogP contribution in [0.4, 0.5) is 4.79 Å². The number of carbonyl (C=O) groups excluding carboxylic acids is 2. The van der Waals surface area contributed by atoms with Crippen LogP contribution in [0.2, 0.25) is 0 Å². The van der Waals surface area contributed by atoms with Crippen molar-refractivity contribution < 1.29 is 19.4 Å². The summed E-state index contributed by atoms with van der Waals surface area (Å²) in [4.78, 5) is 26.9. The van der Waals surface area contributed by atoms with Gasteiger partial charge in [-0.1, -0.05) is 51.1 Å². The molecule has 2 amide bonds. The Morgan fingerprint density at radius 3 is 2.62 bits per heavy atom. The first kappa shape index (κ1) is 20.2. The van der Waals surface area contributed by atoms with E-state index in [4.69, 9.17) is 4.74 Å². The molecule has 6 heteroatoms. The zero-order chi connectivity index (χ0) is 19.1. The number of hydrogen-bond acceptors (Lipinski definition) is 4. The molecular formula is C20H30N2O4. The maximum Gasteiger partial charge on any atom is 0.408 e. The molecule has 1 heterocycles. The molecule has 1 saturated heterocycles. The number of alkyl carbamates (subject to hydrolysis) is 1. The summed E-state index contributed by atoms with van der Waals surface area (Å²) >= 11 is 0. The molecule has 0 radical (unpaired) electrons. The minimum absolute atomic E-state index is 0.0770. The first-order valence-corrected chi connectivity index (χ1v) is 9.39. The van der Waals surface area contributed by atoms with Crippen molar-refractivity contribution in [3.63, 3.8) is 0 Å². The van der Waals surface area contributed by atoms with Crippen LogP contribution < -0.4 is 5.32 Å². The number of carbonyl (C=O) groups is 2. The van der Waals surface area contributed by atoms with Crippen molar-refractivity contribution in [2.24, 2.45) is 5.92 Å². The molecule has 0 bridgehead atoms. The van der Waals surface area contributed by atoms with Gasteiger partial charge in [-0.05, 0) is 30.7 Å². The average molecular weight is 362 g/mol. The molecule has 1 aliphatic heterocycles. The van der Waals surface area contributed by atoms with E-state index in [-0.39, 0.29) is 24.5 Å². The molecule has 0 aliphatic carbocycles. The fourth-order valence-electron chi connectivity index (χ4n) is 3.32. The third kappa shape index (κ3) is 5.21. The zero-order valence-corrected chi connectivity index (χ0v) is 15.9. The molecule has 1 fully saturated rings. The van der Waals surface area contributed by atoms with Gasteiger partial charge in [0.05, 0.1) is 12.1 Å². The first-order chi connectivity index (χ1) is 12.4. The van der Waals surface area contributed by atoms with Crippen LogP contribution in [0.3, 0.4) is 0 Å². The van der Waals surface area contributed by atoms with Crippen molar-refractivity contribution in [3.8, 4) is 0 Å². The molecule has 0 spiro atoms. The van der Waals surface area contributed by atoms with E-state index in [1.807, 2.05) is 51.1 Å². The molecule has 3 atom stereocenters. The van der Waals surface area contributed by atoms with Crippen molar-refractivity contribution >= 4 is 12.0 Å². The Hall–Kier alpha value is -2.08. The van der Waals surface area contributed by atoms with E-state index in [2.05, 4.69) is 5.32 Å². The summed E-state index contributed by atoms with van der Waals surface area (Å²) in [6, 6.07) is 8.57. The average Bonchev–Trinajstić information content (AvgIpc) is 3.13. The van der Waals surface area contributed by atoms with Crippen molar-refractivity contribution in [2.75, 3.05) is 6.54 Å². The van der Waals surface area contributed by atoms with E-state index in [0.29, 0.717) is 13.0 Å². The number of ether oxygens (including phenoxy) is 1. The first-order valence-electron chi connectivity index (χ1n) is 9.39.